The predicted molar refractivity (Wildman–Crippen MR) is 58.8 cm³/mol. The van der Waals surface area contributed by atoms with E-state index in [2.05, 4.69) is 32.0 Å². The first-order valence-corrected chi connectivity index (χ1v) is 3.74. The molecule has 0 saturated carbocycles. The first-order chi connectivity index (χ1) is 8.54. The van der Waals surface area contributed by atoms with Crippen LogP contribution < -0.4 is 17.7 Å². The van der Waals surface area contributed by atoms with Crippen LogP contribution in [-0.2, 0) is 14.3 Å². The van der Waals surface area contributed by atoms with Crippen molar-refractivity contribution in [2.75, 3.05) is 0 Å². The van der Waals surface area contributed by atoms with Crippen LogP contribution in [0.25, 0.3) is 0 Å². The molecule has 0 aliphatic carbocycles. The summed E-state index contributed by atoms with van der Waals surface area (Å²) in [6.07, 6.45) is 0. The first kappa shape index (κ1) is 27.1. The normalized spacial score (nSPS) is 7.58. The van der Waals surface area contributed by atoms with Gasteiger partial charge in [-0.2, -0.15) is 0 Å². The highest BCUT2D eigenvalue weighted by atomic mass is 16.7. The van der Waals surface area contributed by atoms with Crippen LogP contribution in [0.15, 0.2) is 0 Å². The minimum atomic E-state index is -2.17. The van der Waals surface area contributed by atoms with Gasteiger partial charge in [-0.3, -0.25) is 0 Å². The van der Waals surface area contributed by atoms with Crippen molar-refractivity contribution in [3.63, 3.8) is 0 Å². The molecule has 0 unspecified atom stereocenters. The molecule has 0 rings (SSSR count). The molecule has 0 aromatic rings. The minimum Gasteiger partial charge on any atom is -0.402 e. The zero-order valence-electron chi connectivity index (χ0n) is 9.29. The van der Waals surface area contributed by atoms with E-state index in [1.54, 1.807) is 0 Å². The van der Waals surface area contributed by atoms with Crippen LogP contribution in [0.2, 0.25) is 0 Å². The van der Waals surface area contributed by atoms with Gasteiger partial charge in [-0.1, -0.05) is 0 Å². The Morgan fingerprint density at radius 2 is 0.526 bits per heavy atom. The number of rotatable bonds is 3. The van der Waals surface area contributed by atoms with E-state index in [4.69, 9.17) is 45.2 Å². The SMILES string of the molecule is NOB(O)O.NOB(O)O.NOB(O)O.OB(O)O. The van der Waals surface area contributed by atoms with E-state index in [0.717, 1.165) is 0 Å². The first-order valence-electron chi connectivity index (χ1n) is 3.74. The van der Waals surface area contributed by atoms with Crippen molar-refractivity contribution >= 4 is 29.3 Å². The lowest BCUT2D eigenvalue weighted by atomic mass is 10.3. The van der Waals surface area contributed by atoms with Crippen molar-refractivity contribution in [2.24, 2.45) is 17.7 Å². The fourth-order valence-electron chi connectivity index (χ4n) is 0. The Morgan fingerprint density at radius 1 is 0.474 bits per heavy atom. The largest absolute Gasteiger partial charge is 0.651 e. The Balaban J connectivity index is -0.0000000793. The van der Waals surface area contributed by atoms with Crippen molar-refractivity contribution in [3.05, 3.63) is 0 Å². The van der Waals surface area contributed by atoms with Crippen molar-refractivity contribution in [3.8, 4) is 0 Å². The molecule has 114 valence electrons. The number of hydrogen-bond donors (Lipinski definition) is 12. The van der Waals surface area contributed by atoms with E-state index in [9.17, 15) is 0 Å². The quantitative estimate of drug-likeness (QED) is 0.170. The van der Waals surface area contributed by atoms with Gasteiger partial charge in [0.25, 0.3) is 0 Å². The van der Waals surface area contributed by atoms with Gasteiger partial charge in [0.05, 0.1) is 0 Å². The van der Waals surface area contributed by atoms with Crippen molar-refractivity contribution in [2.45, 2.75) is 0 Å². The summed E-state index contributed by atoms with van der Waals surface area (Å²) in [6, 6.07) is 0. The summed E-state index contributed by atoms with van der Waals surface area (Å²) >= 11 is 0. The second-order valence-electron chi connectivity index (χ2n) is 1.73. The monoisotopic (exact) mass is 293 g/mol. The molecule has 0 radical (unpaired) electrons. The molecule has 19 heavy (non-hydrogen) atoms. The van der Waals surface area contributed by atoms with Gasteiger partial charge in [-0.05, 0) is 0 Å². The Bertz CT molecular complexity index is 112. The van der Waals surface area contributed by atoms with Crippen molar-refractivity contribution < 1.29 is 59.5 Å². The van der Waals surface area contributed by atoms with E-state index in [-0.39, 0.29) is 0 Å². The highest BCUT2D eigenvalue weighted by molar-refractivity contribution is 6.32. The standard InChI is InChI=1S/3BH4NO3.BH3O3/c3*2-5-1(3)4;2-1(3)4/h3*3-4H,2H2;2-4H. The lowest BCUT2D eigenvalue weighted by Gasteiger charge is -1.84. The average Bonchev–Trinajstić information content (AvgIpc) is 2.29. The maximum Gasteiger partial charge on any atom is 0.651 e. The molecule has 0 aliphatic rings. The molecule has 0 bridgehead atoms. The third-order valence-electron chi connectivity index (χ3n) is 0.365. The molecule has 15 nitrogen and oxygen atoms in total. The van der Waals surface area contributed by atoms with E-state index in [1.165, 1.54) is 0 Å². The molecule has 0 aromatic carbocycles. The van der Waals surface area contributed by atoms with Crippen LogP contribution in [0, 0.1) is 0 Å². The van der Waals surface area contributed by atoms with Crippen LogP contribution in [0.5, 0.6) is 0 Å². The Labute approximate surface area is 107 Å². The highest BCUT2D eigenvalue weighted by Crippen LogP contribution is 1.55. The predicted octanol–water partition coefficient (Wildman–Crippen LogP) is -8.51. The molecule has 0 aliphatic heterocycles. The fourth-order valence-corrected chi connectivity index (χ4v) is 0. The van der Waals surface area contributed by atoms with E-state index >= 15 is 0 Å². The average molecular weight is 292 g/mol. The Morgan fingerprint density at radius 3 is 0.526 bits per heavy atom. The molecule has 0 aromatic heterocycles. The van der Waals surface area contributed by atoms with Gasteiger partial charge >= 0.3 is 29.3 Å². The minimum absolute atomic E-state index is 1.84. The number of nitrogens with two attached hydrogens (primary N) is 3. The summed E-state index contributed by atoms with van der Waals surface area (Å²) in [6.45, 7) is 0. The summed E-state index contributed by atoms with van der Waals surface area (Å²) in [5, 5.41) is 66.9. The van der Waals surface area contributed by atoms with Crippen LogP contribution in [0.1, 0.15) is 0 Å². The lowest BCUT2D eigenvalue weighted by Crippen LogP contribution is -2.20. The molecule has 0 atom stereocenters. The molecule has 15 N–H and O–H groups in total. The van der Waals surface area contributed by atoms with E-state index in [0.29, 0.717) is 0 Å². The molecular formula is H15B4N3O12. The molecule has 19 heteroatoms. The molecule has 0 saturated heterocycles. The van der Waals surface area contributed by atoms with Crippen molar-refractivity contribution in [1.29, 1.82) is 0 Å². The molecule has 0 fully saturated rings. The summed E-state index contributed by atoms with van der Waals surface area (Å²) in [5.41, 5.74) is 0. The summed E-state index contributed by atoms with van der Waals surface area (Å²) in [5.74, 6) is 12.5. The summed E-state index contributed by atoms with van der Waals surface area (Å²) in [4.78, 5) is 0. The molecule has 0 heterocycles. The second-order valence-corrected chi connectivity index (χ2v) is 1.73. The van der Waals surface area contributed by atoms with Gasteiger partial charge in [0.1, 0.15) is 0 Å². The summed E-state index contributed by atoms with van der Waals surface area (Å²) < 4.78 is 10.1. The van der Waals surface area contributed by atoms with Gasteiger partial charge in [0, 0.05) is 0 Å². The number of hydrogen-bond acceptors (Lipinski definition) is 15. The van der Waals surface area contributed by atoms with Crippen LogP contribution in [0.4, 0.5) is 0 Å². The van der Waals surface area contributed by atoms with Gasteiger partial charge < -0.3 is 59.5 Å². The third-order valence-corrected chi connectivity index (χ3v) is 0.365. The van der Waals surface area contributed by atoms with Gasteiger partial charge in [-0.15, -0.1) is 0 Å². The smallest absolute Gasteiger partial charge is 0.402 e. The Kier molecular flexibility index (Phi) is 32.5. The van der Waals surface area contributed by atoms with Crippen LogP contribution in [-0.4, -0.2) is 74.5 Å². The summed E-state index contributed by atoms with van der Waals surface area (Å²) in [7, 11) is -7.68. The second kappa shape index (κ2) is 22.8. The van der Waals surface area contributed by atoms with Crippen molar-refractivity contribution in [1.82, 2.24) is 0 Å². The topological polar surface area (TPSA) is 288 Å². The van der Waals surface area contributed by atoms with Gasteiger partial charge in [-0.25, -0.2) is 17.7 Å². The molecular weight excluding hydrogens is 277 g/mol. The Hall–Kier alpha value is -0.340. The zero-order valence-corrected chi connectivity index (χ0v) is 9.29. The van der Waals surface area contributed by atoms with Crippen LogP contribution in [0.3, 0.4) is 0 Å². The zero-order chi connectivity index (χ0) is 16.4. The third kappa shape index (κ3) is 135. The van der Waals surface area contributed by atoms with Crippen LogP contribution >= 0.6 is 0 Å². The van der Waals surface area contributed by atoms with Gasteiger partial charge in [0.15, 0.2) is 0 Å². The maximum absolute atomic E-state index is 7.57. The molecule has 0 spiro atoms. The van der Waals surface area contributed by atoms with Gasteiger partial charge in [0.2, 0.25) is 0 Å². The van der Waals surface area contributed by atoms with E-state index < -0.39 is 29.3 Å². The molecule has 0 amide bonds. The maximum atomic E-state index is 7.57. The van der Waals surface area contributed by atoms with E-state index in [1.807, 2.05) is 0 Å². The lowest BCUT2D eigenvalue weighted by molar-refractivity contribution is 0.189. The highest BCUT2D eigenvalue weighted by Gasteiger charge is 2.02. The fraction of sp³-hybridized carbons (Fsp3) is 0.